The predicted molar refractivity (Wildman–Crippen MR) is 43.3 cm³/mol. The second-order valence-electron chi connectivity index (χ2n) is 3.00. The lowest BCUT2D eigenvalue weighted by molar-refractivity contribution is -0.0615. The van der Waals surface area contributed by atoms with E-state index in [9.17, 15) is 5.11 Å². The fraction of sp³-hybridized carbons (Fsp3) is 1.00. The van der Waals surface area contributed by atoms with Crippen LogP contribution in [0.25, 0.3) is 0 Å². The summed E-state index contributed by atoms with van der Waals surface area (Å²) in [5, 5.41) is 26.7. The summed E-state index contributed by atoms with van der Waals surface area (Å²) in [6.07, 6.45) is 3.44. The van der Waals surface area contributed by atoms with Crippen molar-refractivity contribution in [2.75, 3.05) is 13.2 Å². The monoisotopic (exact) mass is 162 g/mol. The van der Waals surface area contributed by atoms with Crippen LogP contribution in [0.2, 0.25) is 0 Å². The summed E-state index contributed by atoms with van der Waals surface area (Å²) in [5.74, 6) is 0. The van der Waals surface area contributed by atoms with E-state index in [0.29, 0.717) is 6.42 Å². The van der Waals surface area contributed by atoms with Gasteiger partial charge >= 0.3 is 0 Å². The molecule has 0 radical (unpaired) electrons. The summed E-state index contributed by atoms with van der Waals surface area (Å²) in [6.45, 7) is 1.36. The first-order chi connectivity index (χ1) is 5.18. The van der Waals surface area contributed by atoms with E-state index in [1.807, 2.05) is 0 Å². The first-order valence-corrected chi connectivity index (χ1v) is 4.12. The van der Waals surface area contributed by atoms with Crippen molar-refractivity contribution in [3.05, 3.63) is 0 Å². The minimum atomic E-state index is -1.25. The Balaban J connectivity index is 3.51. The van der Waals surface area contributed by atoms with Gasteiger partial charge < -0.3 is 15.3 Å². The molecule has 3 N–H and O–H groups in total. The van der Waals surface area contributed by atoms with Crippen molar-refractivity contribution >= 4 is 0 Å². The Morgan fingerprint density at radius 2 is 1.64 bits per heavy atom. The van der Waals surface area contributed by atoms with Crippen molar-refractivity contribution in [3.8, 4) is 0 Å². The maximum absolute atomic E-state index is 9.36. The van der Waals surface area contributed by atoms with Gasteiger partial charge in [-0.3, -0.25) is 0 Å². The molecule has 0 aromatic carbocycles. The Morgan fingerprint density at radius 3 is 2.00 bits per heavy atom. The van der Waals surface area contributed by atoms with Gasteiger partial charge in [0.2, 0.25) is 0 Å². The van der Waals surface area contributed by atoms with Gasteiger partial charge in [0.15, 0.2) is 0 Å². The normalized spacial score (nSPS) is 12.0. The molecule has 0 bridgehead atoms. The summed E-state index contributed by atoms with van der Waals surface area (Å²) in [7, 11) is 0. The molecule has 0 amide bonds. The van der Waals surface area contributed by atoms with Crippen LogP contribution in [0.5, 0.6) is 0 Å². The largest absolute Gasteiger partial charge is 0.393 e. The Labute approximate surface area is 67.7 Å². The molecular weight excluding hydrogens is 144 g/mol. The average Bonchev–Trinajstić information content (AvgIpc) is 2.05. The van der Waals surface area contributed by atoms with Crippen LogP contribution in [-0.2, 0) is 0 Å². The molecular formula is C8H18O3. The number of aliphatic hydroxyl groups excluding tert-OH is 2. The highest BCUT2D eigenvalue weighted by Crippen LogP contribution is 2.13. The highest BCUT2D eigenvalue weighted by Gasteiger charge is 2.23. The van der Waals surface area contributed by atoms with Gasteiger partial charge in [0.1, 0.15) is 5.60 Å². The van der Waals surface area contributed by atoms with Crippen LogP contribution in [-0.4, -0.2) is 34.1 Å². The lowest BCUT2D eigenvalue weighted by Crippen LogP contribution is -2.37. The van der Waals surface area contributed by atoms with Crippen molar-refractivity contribution in [2.45, 2.75) is 38.2 Å². The molecule has 0 saturated heterocycles. The summed E-state index contributed by atoms with van der Waals surface area (Å²) >= 11 is 0. The molecule has 0 aliphatic rings. The highest BCUT2D eigenvalue weighted by molar-refractivity contribution is 4.75. The Hall–Kier alpha value is -0.120. The topological polar surface area (TPSA) is 60.7 Å². The molecule has 3 nitrogen and oxygen atoms in total. The fourth-order valence-electron chi connectivity index (χ4n) is 0.912. The Morgan fingerprint density at radius 1 is 1.09 bits per heavy atom. The van der Waals surface area contributed by atoms with Crippen LogP contribution in [0.3, 0.4) is 0 Å². The van der Waals surface area contributed by atoms with E-state index in [4.69, 9.17) is 10.2 Å². The third-order valence-corrected chi connectivity index (χ3v) is 1.83. The summed E-state index contributed by atoms with van der Waals surface area (Å²) in [5.41, 5.74) is -1.25. The van der Waals surface area contributed by atoms with Gasteiger partial charge in [-0.25, -0.2) is 0 Å². The van der Waals surface area contributed by atoms with Crippen molar-refractivity contribution in [2.24, 2.45) is 0 Å². The van der Waals surface area contributed by atoms with Gasteiger partial charge in [-0.15, -0.1) is 0 Å². The van der Waals surface area contributed by atoms with Gasteiger partial charge in [-0.1, -0.05) is 26.2 Å². The van der Waals surface area contributed by atoms with Crippen LogP contribution in [0.4, 0.5) is 0 Å². The number of hydrogen-bond donors (Lipinski definition) is 3. The molecule has 0 aromatic heterocycles. The lowest BCUT2D eigenvalue weighted by atomic mass is 9.98. The van der Waals surface area contributed by atoms with E-state index in [0.717, 1.165) is 19.3 Å². The maximum atomic E-state index is 9.36. The number of aliphatic hydroxyl groups is 3. The van der Waals surface area contributed by atoms with Gasteiger partial charge in [0, 0.05) is 0 Å². The van der Waals surface area contributed by atoms with E-state index in [1.54, 1.807) is 0 Å². The number of hydrogen-bond acceptors (Lipinski definition) is 3. The standard InChI is InChI=1S/C8H18O3/c1-2-3-4-5-8(11,6-9)7-10/h9-11H,2-7H2,1H3. The summed E-state index contributed by atoms with van der Waals surface area (Å²) in [4.78, 5) is 0. The molecule has 0 aliphatic heterocycles. The van der Waals surface area contributed by atoms with E-state index >= 15 is 0 Å². The lowest BCUT2D eigenvalue weighted by Gasteiger charge is -2.22. The smallest absolute Gasteiger partial charge is 0.111 e. The Kier molecular flexibility index (Phi) is 5.46. The third kappa shape index (κ3) is 4.35. The third-order valence-electron chi connectivity index (χ3n) is 1.83. The number of unbranched alkanes of at least 4 members (excludes halogenated alkanes) is 2. The maximum Gasteiger partial charge on any atom is 0.111 e. The van der Waals surface area contributed by atoms with Crippen molar-refractivity contribution in [1.82, 2.24) is 0 Å². The van der Waals surface area contributed by atoms with E-state index in [1.165, 1.54) is 0 Å². The molecule has 0 rings (SSSR count). The molecule has 11 heavy (non-hydrogen) atoms. The fourth-order valence-corrected chi connectivity index (χ4v) is 0.912. The second kappa shape index (κ2) is 5.52. The first kappa shape index (κ1) is 10.9. The SMILES string of the molecule is CCCCCC(O)(CO)CO. The molecule has 0 atom stereocenters. The molecule has 0 unspecified atom stereocenters. The predicted octanol–water partition coefficient (Wildman–Crippen LogP) is 0.282. The molecule has 0 aromatic rings. The van der Waals surface area contributed by atoms with Crippen LogP contribution in [0.15, 0.2) is 0 Å². The molecule has 0 saturated carbocycles. The van der Waals surface area contributed by atoms with Gasteiger partial charge in [-0.2, -0.15) is 0 Å². The zero-order valence-corrected chi connectivity index (χ0v) is 7.08. The van der Waals surface area contributed by atoms with Gasteiger partial charge in [0.25, 0.3) is 0 Å². The molecule has 0 spiro atoms. The van der Waals surface area contributed by atoms with Crippen molar-refractivity contribution in [3.63, 3.8) is 0 Å². The van der Waals surface area contributed by atoms with Crippen LogP contribution >= 0.6 is 0 Å². The first-order valence-electron chi connectivity index (χ1n) is 4.12. The van der Waals surface area contributed by atoms with E-state index in [-0.39, 0.29) is 13.2 Å². The summed E-state index contributed by atoms with van der Waals surface area (Å²) < 4.78 is 0. The van der Waals surface area contributed by atoms with Crippen LogP contribution in [0, 0.1) is 0 Å². The average molecular weight is 162 g/mol. The minimum absolute atomic E-state index is 0.354. The van der Waals surface area contributed by atoms with Crippen molar-refractivity contribution in [1.29, 1.82) is 0 Å². The Bertz CT molecular complexity index is 89.3. The van der Waals surface area contributed by atoms with Gasteiger partial charge in [0.05, 0.1) is 13.2 Å². The zero-order valence-electron chi connectivity index (χ0n) is 7.08. The van der Waals surface area contributed by atoms with Gasteiger partial charge in [-0.05, 0) is 6.42 Å². The van der Waals surface area contributed by atoms with Crippen LogP contribution < -0.4 is 0 Å². The number of rotatable bonds is 6. The quantitative estimate of drug-likeness (QED) is 0.492. The zero-order chi connectivity index (χ0) is 8.74. The molecule has 0 fully saturated rings. The van der Waals surface area contributed by atoms with Crippen molar-refractivity contribution < 1.29 is 15.3 Å². The minimum Gasteiger partial charge on any atom is -0.393 e. The van der Waals surface area contributed by atoms with E-state index < -0.39 is 5.60 Å². The molecule has 3 heteroatoms. The van der Waals surface area contributed by atoms with Crippen LogP contribution in [0.1, 0.15) is 32.6 Å². The molecule has 0 aliphatic carbocycles. The second-order valence-corrected chi connectivity index (χ2v) is 3.00. The highest BCUT2D eigenvalue weighted by atomic mass is 16.4. The van der Waals surface area contributed by atoms with E-state index in [2.05, 4.69) is 6.92 Å². The summed E-state index contributed by atoms with van der Waals surface area (Å²) in [6, 6.07) is 0. The molecule has 0 heterocycles. The molecule has 68 valence electrons.